The highest BCUT2D eigenvalue weighted by Crippen LogP contribution is 2.57. The van der Waals surface area contributed by atoms with Crippen LogP contribution in [0.4, 0.5) is 0 Å². The van der Waals surface area contributed by atoms with Crippen LogP contribution in [-0.4, -0.2) is 52.1 Å². The number of allylic oxidation sites excluding steroid dienone is 1. The smallest absolute Gasteiger partial charge is 0.265 e. The van der Waals surface area contributed by atoms with Crippen LogP contribution < -0.4 is 10.6 Å². The Morgan fingerprint density at radius 1 is 1.14 bits per heavy atom. The highest BCUT2D eigenvalue weighted by molar-refractivity contribution is 5.75. The van der Waals surface area contributed by atoms with Gasteiger partial charge in [0.25, 0.3) is 5.70 Å². The van der Waals surface area contributed by atoms with Crippen molar-refractivity contribution < 1.29 is 19.7 Å². The lowest BCUT2D eigenvalue weighted by atomic mass is 9.55. The van der Waals surface area contributed by atoms with Crippen LogP contribution in [0.15, 0.2) is 23.4 Å². The van der Waals surface area contributed by atoms with E-state index < -0.39 is 21.9 Å². The molecule has 0 bridgehead atoms. The van der Waals surface area contributed by atoms with E-state index in [-0.39, 0.29) is 29.5 Å². The average Bonchev–Trinajstić information content (AvgIpc) is 3.35. The molecule has 0 spiro atoms. The van der Waals surface area contributed by atoms with Gasteiger partial charge in [-0.2, -0.15) is 0 Å². The van der Waals surface area contributed by atoms with Gasteiger partial charge in [0, 0.05) is 30.9 Å². The number of amides is 1. The summed E-state index contributed by atoms with van der Waals surface area (Å²) < 4.78 is 0. The second kappa shape index (κ2) is 14.2. The van der Waals surface area contributed by atoms with E-state index in [2.05, 4.69) is 44.4 Å². The van der Waals surface area contributed by atoms with Crippen LogP contribution in [0.3, 0.4) is 0 Å². The number of fused-ring (bicyclic) bond motifs is 1. The summed E-state index contributed by atoms with van der Waals surface area (Å²) >= 11 is 0. The third kappa shape index (κ3) is 7.85. The summed E-state index contributed by atoms with van der Waals surface area (Å²) in [6, 6.07) is -1.56. The molecule has 4 rings (SSSR count). The molecule has 0 aromatic rings. The summed E-state index contributed by atoms with van der Waals surface area (Å²) in [6.45, 7) is 10.4. The molecule has 0 aromatic carbocycles. The highest BCUT2D eigenvalue weighted by Gasteiger charge is 2.47. The molecule has 7 unspecified atom stereocenters. The zero-order valence-electron chi connectivity index (χ0n) is 26.7. The number of hydrogen-bond acceptors (Lipinski definition) is 7. The van der Waals surface area contributed by atoms with Crippen molar-refractivity contribution in [1.29, 1.82) is 0 Å². The van der Waals surface area contributed by atoms with Crippen LogP contribution in [0.5, 0.6) is 0 Å². The minimum absolute atomic E-state index is 0.00166. The van der Waals surface area contributed by atoms with Crippen LogP contribution >= 0.6 is 0 Å². The van der Waals surface area contributed by atoms with E-state index in [4.69, 9.17) is 0 Å². The minimum atomic E-state index is -1.02. The molecular weight excluding hydrogens is 548 g/mol. The van der Waals surface area contributed by atoms with E-state index in [0.29, 0.717) is 55.0 Å². The fourth-order valence-electron chi connectivity index (χ4n) is 9.25. The Labute approximate surface area is 256 Å². The second-order valence-electron chi connectivity index (χ2n) is 14.7. The molecule has 1 amide bonds. The van der Waals surface area contributed by atoms with Crippen LogP contribution in [0.1, 0.15) is 111 Å². The maximum atomic E-state index is 12.7. The molecule has 4 aliphatic rings. The van der Waals surface area contributed by atoms with Gasteiger partial charge in [0.15, 0.2) is 0 Å². The lowest BCUT2D eigenvalue weighted by molar-refractivity contribution is -0.515. The number of rotatable bonds is 13. The number of nitrogens with one attached hydrogen (secondary N) is 2. The molecule has 242 valence electrons. The molecule has 10 nitrogen and oxygen atoms in total. The van der Waals surface area contributed by atoms with Crippen LogP contribution in [0, 0.1) is 54.7 Å². The molecular formula is C33H54N4O6. The molecule has 0 aliphatic heterocycles. The van der Waals surface area contributed by atoms with Gasteiger partial charge in [-0.05, 0) is 98.7 Å². The van der Waals surface area contributed by atoms with Crippen molar-refractivity contribution >= 4 is 5.91 Å². The number of aliphatic hydroxyl groups is 1. The average molecular weight is 603 g/mol. The van der Waals surface area contributed by atoms with Crippen LogP contribution in [-0.2, 0) is 4.79 Å². The van der Waals surface area contributed by atoms with Gasteiger partial charge in [0.1, 0.15) is 0 Å². The maximum Gasteiger partial charge on any atom is 0.265 e. The lowest BCUT2D eigenvalue weighted by Gasteiger charge is -2.50. The summed E-state index contributed by atoms with van der Waals surface area (Å²) in [5.41, 5.74) is 1.85. The van der Waals surface area contributed by atoms with Gasteiger partial charge >= 0.3 is 0 Å². The van der Waals surface area contributed by atoms with E-state index in [1.807, 2.05) is 0 Å². The summed E-state index contributed by atoms with van der Waals surface area (Å²) in [5.74, 6) is 2.39. The second-order valence-corrected chi connectivity index (χ2v) is 14.7. The predicted octanol–water partition coefficient (Wildman–Crippen LogP) is 5.80. The minimum Gasteiger partial charge on any atom is -0.393 e. The standard InChI is InChI=1S/C33H54N4O6/c1-22(8-12-31(39)35-19-18-34-29-11-10-25(36(40)41)21-30(29)37(42)43)27-6-5-15-32(27,3)16-14-28-23(2)7-9-24-20-26(38)13-17-33(24,28)4/h9,21-23,25-29,34,38H,5-8,10-20H2,1-4H3,(H,35,39)/t22-,23?,25?,26?,27?,28+,29?,32?,33?/m1/s1. The Morgan fingerprint density at radius 2 is 1.91 bits per heavy atom. The zero-order valence-corrected chi connectivity index (χ0v) is 26.7. The van der Waals surface area contributed by atoms with E-state index in [0.717, 1.165) is 38.2 Å². The van der Waals surface area contributed by atoms with Gasteiger partial charge in [-0.1, -0.05) is 45.8 Å². The van der Waals surface area contributed by atoms with E-state index in [1.165, 1.54) is 37.7 Å². The van der Waals surface area contributed by atoms with Gasteiger partial charge in [-0.3, -0.25) is 25.0 Å². The Kier molecular flexibility index (Phi) is 11.1. The number of carbonyl (C=O) groups excluding carboxylic acids is 1. The molecule has 43 heavy (non-hydrogen) atoms. The van der Waals surface area contributed by atoms with Crippen molar-refractivity contribution in [3.05, 3.63) is 43.7 Å². The summed E-state index contributed by atoms with van der Waals surface area (Å²) in [6.07, 6.45) is 15.4. The Balaban J connectivity index is 1.21. The molecule has 0 aromatic heterocycles. The van der Waals surface area contributed by atoms with E-state index in [9.17, 15) is 30.1 Å². The number of hydrogen-bond donors (Lipinski definition) is 3. The summed E-state index contributed by atoms with van der Waals surface area (Å²) in [7, 11) is 0. The van der Waals surface area contributed by atoms with E-state index in [1.54, 1.807) is 0 Å². The monoisotopic (exact) mass is 602 g/mol. The van der Waals surface area contributed by atoms with Crippen molar-refractivity contribution in [2.45, 2.75) is 129 Å². The van der Waals surface area contributed by atoms with Gasteiger partial charge in [0.05, 0.1) is 23.1 Å². The SMILES string of the molecule is CC1CC=C2CC(O)CCC2(C)[C@H]1CCC1(C)CCCC1[C@H](C)CCC(=O)NCCNC1CCC([N+](=O)[O-])C=C1[N+](=O)[O-]. The molecule has 3 N–H and O–H groups in total. The first kappa shape index (κ1) is 33.6. The van der Waals surface area contributed by atoms with Gasteiger partial charge in [-0.25, -0.2) is 0 Å². The normalized spacial score (nSPS) is 36.7. The quantitative estimate of drug-likeness (QED) is 0.104. The van der Waals surface area contributed by atoms with Crippen molar-refractivity contribution in [3.63, 3.8) is 0 Å². The third-order valence-corrected chi connectivity index (χ3v) is 11.9. The predicted molar refractivity (Wildman–Crippen MR) is 166 cm³/mol. The van der Waals surface area contributed by atoms with Crippen LogP contribution in [0.25, 0.3) is 0 Å². The highest BCUT2D eigenvalue weighted by atomic mass is 16.6. The molecule has 10 heteroatoms. The first-order chi connectivity index (χ1) is 20.3. The van der Waals surface area contributed by atoms with Gasteiger partial charge < -0.3 is 15.7 Å². The Morgan fingerprint density at radius 3 is 2.63 bits per heavy atom. The first-order valence-electron chi connectivity index (χ1n) is 16.7. The van der Waals surface area contributed by atoms with Crippen molar-refractivity contribution in [1.82, 2.24) is 10.6 Å². The number of nitro groups is 2. The molecule has 9 atom stereocenters. The van der Waals surface area contributed by atoms with Crippen molar-refractivity contribution in [2.24, 2.45) is 34.5 Å². The van der Waals surface area contributed by atoms with Gasteiger partial charge in [-0.15, -0.1) is 0 Å². The summed E-state index contributed by atoms with van der Waals surface area (Å²) in [4.78, 5) is 34.1. The molecule has 4 aliphatic carbocycles. The molecule has 0 heterocycles. The Bertz CT molecular complexity index is 1090. The fraction of sp³-hybridized carbons (Fsp3) is 0.848. The van der Waals surface area contributed by atoms with Crippen molar-refractivity contribution in [2.75, 3.05) is 13.1 Å². The molecule has 2 saturated carbocycles. The zero-order chi connectivity index (χ0) is 31.4. The maximum absolute atomic E-state index is 12.7. The Hall–Kier alpha value is -2.33. The van der Waals surface area contributed by atoms with Crippen LogP contribution in [0.2, 0.25) is 0 Å². The first-order valence-corrected chi connectivity index (χ1v) is 16.7. The third-order valence-electron chi connectivity index (χ3n) is 11.9. The summed E-state index contributed by atoms with van der Waals surface area (Å²) in [5, 5.41) is 38.8. The van der Waals surface area contributed by atoms with Crippen molar-refractivity contribution in [3.8, 4) is 0 Å². The number of nitrogens with zero attached hydrogens (tertiary/aromatic N) is 2. The molecule has 2 fully saturated rings. The largest absolute Gasteiger partial charge is 0.393 e. The topological polar surface area (TPSA) is 148 Å². The lowest BCUT2D eigenvalue weighted by Crippen LogP contribution is -2.42. The van der Waals surface area contributed by atoms with E-state index >= 15 is 0 Å². The molecule has 0 saturated heterocycles. The number of carbonyl (C=O) groups is 1. The fourth-order valence-corrected chi connectivity index (χ4v) is 9.25. The number of aliphatic hydroxyl groups excluding tert-OH is 1. The molecule has 0 radical (unpaired) electrons. The van der Waals surface area contributed by atoms with Gasteiger partial charge in [0.2, 0.25) is 11.9 Å².